The second-order valence-electron chi connectivity index (χ2n) is 4.47. The van der Waals surface area contributed by atoms with Crippen molar-refractivity contribution < 1.29 is 27.5 Å². The normalized spacial score (nSPS) is 11.0. The number of carboxylic acids is 1. The molecule has 0 spiro atoms. The maximum atomic E-state index is 13.9. The highest BCUT2D eigenvalue weighted by atomic mass is 32.2. The number of halogens is 1. The number of rotatable bonds is 5. The first-order chi connectivity index (χ1) is 10.7. The van der Waals surface area contributed by atoms with Gasteiger partial charge in [0.2, 0.25) is 0 Å². The third-order valence-electron chi connectivity index (χ3n) is 2.91. The number of primary amides is 1. The summed E-state index contributed by atoms with van der Waals surface area (Å²) in [6.45, 7) is 0. The Morgan fingerprint density at radius 1 is 1.13 bits per heavy atom. The van der Waals surface area contributed by atoms with Gasteiger partial charge >= 0.3 is 5.97 Å². The van der Waals surface area contributed by atoms with Crippen LogP contribution in [0.5, 0.6) is 0 Å². The third kappa shape index (κ3) is 3.46. The van der Waals surface area contributed by atoms with E-state index in [1.165, 1.54) is 24.3 Å². The minimum atomic E-state index is -4.37. The highest BCUT2D eigenvalue weighted by molar-refractivity contribution is 7.92. The van der Waals surface area contributed by atoms with Crippen molar-refractivity contribution in [1.82, 2.24) is 0 Å². The molecule has 0 aromatic heterocycles. The van der Waals surface area contributed by atoms with Gasteiger partial charge in [-0.05, 0) is 30.3 Å². The van der Waals surface area contributed by atoms with Crippen LogP contribution in [0.3, 0.4) is 0 Å². The molecule has 2 aromatic carbocycles. The van der Waals surface area contributed by atoms with Crippen LogP contribution < -0.4 is 10.5 Å². The van der Waals surface area contributed by atoms with Gasteiger partial charge in [0.25, 0.3) is 15.9 Å². The van der Waals surface area contributed by atoms with E-state index < -0.39 is 32.6 Å². The summed E-state index contributed by atoms with van der Waals surface area (Å²) in [5.74, 6) is -3.47. The van der Waals surface area contributed by atoms with Crippen molar-refractivity contribution in [1.29, 1.82) is 0 Å². The predicted molar refractivity (Wildman–Crippen MR) is 79.1 cm³/mol. The number of para-hydroxylation sites is 1. The number of carboxylic acid groups (broad SMARTS) is 1. The van der Waals surface area contributed by atoms with Gasteiger partial charge in [0, 0.05) is 0 Å². The number of sulfonamides is 1. The van der Waals surface area contributed by atoms with Gasteiger partial charge in [-0.1, -0.05) is 12.1 Å². The summed E-state index contributed by atoms with van der Waals surface area (Å²) >= 11 is 0. The SMILES string of the molecule is NC(=O)c1ccccc1NS(=O)(=O)c1ccc(C(=O)O)cc1F. The molecule has 9 heteroatoms. The lowest BCUT2D eigenvalue weighted by molar-refractivity contribution is 0.0696. The largest absolute Gasteiger partial charge is 0.478 e. The number of hydrogen-bond acceptors (Lipinski definition) is 4. The highest BCUT2D eigenvalue weighted by Gasteiger charge is 2.22. The minimum Gasteiger partial charge on any atom is -0.478 e. The first-order valence-electron chi connectivity index (χ1n) is 6.17. The van der Waals surface area contributed by atoms with Crippen LogP contribution in [0.15, 0.2) is 47.4 Å². The molecule has 0 fully saturated rings. The molecule has 0 aliphatic carbocycles. The van der Waals surface area contributed by atoms with E-state index in [9.17, 15) is 22.4 Å². The molecule has 0 aliphatic heterocycles. The number of nitrogens with two attached hydrogens (primary N) is 1. The lowest BCUT2D eigenvalue weighted by Crippen LogP contribution is -2.19. The van der Waals surface area contributed by atoms with Crippen molar-refractivity contribution in [2.24, 2.45) is 5.73 Å². The van der Waals surface area contributed by atoms with Crippen LogP contribution in [-0.2, 0) is 10.0 Å². The quantitative estimate of drug-likeness (QED) is 0.760. The smallest absolute Gasteiger partial charge is 0.335 e. The maximum Gasteiger partial charge on any atom is 0.335 e. The van der Waals surface area contributed by atoms with E-state index in [1.807, 2.05) is 0 Å². The fraction of sp³-hybridized carbons (Fsp3) is 0. The topological polar surface area (TPSA) is 127 Å². The number of aromatic carboxylic acids is 1. The van der Waals surface area contributed by atoms with E-state index >= 15 is 0 Å². The molecule has 0 radical (unpaired) electrons. The summed E-state index contributed by atoms with van der Waals surface area (Å²) in [5, 5.41) is 8.75. The molecule has 7 nitrogen and oxygen atoms in total. The van der Waals surface area contributed by atoms with Crippen molar-refractivity contribution in [3.05, 3.63) is 59.4 Å². The highest BCUT2D eigenvalue weighted by Crippen LogP contribution is 2.22. The maximum absolute atomic E-state index is 13.9. The second kappa shape index (κ2) is 6.05. The first kappa shape index (κ1) is 16.4. The second-order valence-corrected chi connectivity index (χ2v) is 6.12. The Labute approximate surface area is 130 Å². The monoisotopic (exact) mass is 338 g/mol. The molecule has 1 amide bonds. The molecule has 4 N–H and O–H groups in total. The molecule has 2 aromatic rings. The first-order valence-corrected chi connectivity index (χ1v) is 7.65. The number of nitrogens with one attached hydrogen (secondary N) is 1. The number of hydrogen-bond donors (Lipinski definition) is 3. The van der Waals surface area contributed by atoms with Crippen LogP contribution in [0.4, 0.5) is 10.1 Å². The van der Waals surface area contributed by atoms with Gasteiger partial charge in [-0.15, -0.1) is 0 Å². The molecule has 0 atom stereocenters. The van der Waals surface area contributed by atoms with Crippen LogP contribution in [0.2, 0.25) is 0 Å². The molecule has 0 heterocycles. The van der Waals surface area contributed by atoms with E-state index in [2.05, 4.69) is 4.72 Å². The Bertz CT molecular complexity index is 896. The van der Waals surface area contributed by atoms with Crippen molar-refractivity contribution in [3.8, 4) is 0 Å². The summed E-state index contributed by atoms with van der Waals surface area (Å²) in [4.78, 5) is 21.3. The number of amides is 1. The fourth-order valence-electron chi connectivity index (χ4n) is 1.84. The van der Waals surface area contributed by atoms with Gasteiger partial charge in [-0.2, -0.15) is 0 Å². The van der Waals surface area contributed by atoms with E-state index in [1.54, 1.807) is 0 Å². The summed E-state index contributed by atoms with van der Waals surface area (Å²) < 4.78 is 40.4. The van der Waals surface area contributed by atoms with Crippen molar-refractivity contribution in [2.75, 3.05) is 4.72 Å². The molecule has 120 valence electrons. The fourth-order valence-corrected chi connectivity index (χ4v) is 2.98. The molecule has 23 heavy (non-hydrogen) atoms. The average Bonchev–Trinajstić information content (AvgIpc) is 2.46. The zero-order chi connectivity index (χ0) is 17.2. The van der Waals surface area contributed by atoms with Gasteiger partial charge in [-0.3, -0.25) is 9.52 Å². The van der Waals surface area contributed by atoms with E-state index in [4.69, 9.17) is 10.8 Å². The van der Waals surface area contributed by atoms with Crippen LogP contribution in [-0.4, -0.2) is 25.4 Å². The minimum absolute atomic E-state index is 0.0846. The van der Waals surface area contributed by atoms with E-state index in [0.717, 1.165) is 12.1 Å². The molecule has 2 rings (SSSR count). The number of carbonyl (C=O) groups is 2. The molecule has 0 aliphatic rings. The van der Waals surface area contributed by atoms with E-state index in [-0.39, 0.29) is 16.8 Å². The number of benzene rings is 2. The lowest BCUT2D eigenvalue weighted by atomic mass is 10.2. The number of anilines is 1. The van der Waals surface area contributed by atoms with Gasteiger partial charge in [-0.25, -0.2) is 17.6 Å². The zero-order valence-corrected chi connectivity index (χ0v) is 12.3. The molecular weight excluding hydrogens is 327 g/mol. The van der Waals surface area contributed by atoms with Crippen LogP contribution in [0.25, 0.3) is 0 Å². The van der Waals surface area contributed by atoms with Gasteiger partial charge in [0.15, 0.2) is 0 Å². The van der Waals surface area contributed by atoms with Gasteiger partial charge in [0.1, 0.15) is 10.7 Å². The van der Waals surface area contributed by atoms with Crippen molar-refractivity contribution in [2.45, 2.75) is 4.90 Å². The van der Waals surface area contributed by atoms with Gasteiger partial charge in [0.05, 0.1) is 16.8 Å². The third-order valence-corrected chi connectivity index (χ3v) is 4.30. The Hall–Kier alpha value is -2.94. The van der Waals surface area contributed by atoms with E-state index in [0.29, 0.717) is 6.07 Å². The summed E-state index contributed by atoms with van der Waals surface area (Å²) in [6.07, 6.45) is 0. The number of carbonyl (C=O) groups excluding carboxylic acids is 1. The molecular formula is C14H11FN2O5S. The Morgan fingerprint density at radius 2 is 1.78 bits per heavy atom. The average molecular weight is 338 g/mol. The standard InChI is InChI=1S/C14H11FN2O5S/c15-10-7-8(14(19)20)5-6-12(10)23(21,22)17-11-4-2-1-3-9(11)13(16)18/h1-7,17H,(H2,16,18)(H,19,20). The molecule has 0 saturated heterocycles. The Balaban J connectivity index is 2.44. The molecule has 0 bridgehead atoms. The van der Waals surface area contributed by atoms with Crippen LogP contribution in [0, 0.1) is 5.82 Å². The lowest BCUT2D eigenvalue weighted by Gasteiger charge is -2.11. The summed E-state index contributed by atoms with van der Waals surface area (Å²) in [6, 6.07) is 7.93. The predicted octanol–water partition coefficient (Wildman–Crippen LogP) is 1.42. The molecule has 0 unspecified atom stereocenters. The summed E-state index contributed by atoms with van der Waals surface area (Å²) in [5.41, 5.74) is 4.56. The van der Waals surface area contributed by atoms with Crippen molar-refractivity contribution in [3.63, 3.8) is 0 Å². The molecule has 0 saturated carbocycles. The zero-order valence-electron chi connectivity index (χ0n) is 11.5. The van der Waals surface area contributed by atoms with Crippen molar-refractivity contribution >= 4 is 27.6 Å². The Kier molecular flexibility index (Phi) is 4.32. The van der Waals surface area contributed by atoms with Gasteiger partial charge < -0.3 is 10.8 Å². The van der Waals surface area contributed by atoms with Crippen LogP contribution >= 0.6 is 0 Å². The summed E-state index contributed by atoms with van der Waals surface area (Å²) in [7, 11) is -4.37. The Morgan fingerprint density at radius 3 is 2.35 bits per heavy atom. The van der Waals surface area contributed by atoms with Crippen LogP contribution in [0.1, 0.15) is 20.7 Å².